The molecular formula is C15H16Cl2N2. The van der Waals surface area contributed by atoms with Crippen LogP contribution in [-0.4, -0.2) is 0 Å². The summed E-state index contributed by atoms with van der Waals surface area (Å²) in [5.74, 6) is 5.71. The van der Waals surface area contributed by atoms with Crippen LogP contribution in [0.25, 0.3) is 0 Å². The molecule has 3 N–H and O–H groups in total. The smallest absolute Gasteiger partial charge is 0.0727 e. The van der Waals surface area contributed by atoms with Crippen LogP contribution in [-0.2, 0) is 0 Å². The first-order valence-corrected chi connectivity index (χ1v) is 6.77. The van der Waals surface area contributed by atoms with E-state index in [-0.39, 0.29) is 6.04 Å². The van der Waals surface area contributed by atoms with Gasteiger partial charge in [-0.3, -0.25) is 5.84 Å². The molecule has 0 spiro atoms. The van der Waals surface area contributed by atoms with E-state index in [1.54, 1.807) is 6.07 Å². The number of halogens is 2. The van der Waals surface area contributed by atoms with E-state index in [1.807, 2.05) is 12.1 Å². The Morgan fingerprint density at radius 2 is 1.79 bits per heavy atom. The standard InChI is InChI=1S/C15H16Cl2N2/c1-9-6-7-11(10(2)8-9)15(19-18)12-4-3-5-13(16)14(12)17/h3-8,15,19H,18H2,1-2H3. The summed E-state index contributed by atoms with van der Waals surface area (Å²) in [6, 6.07) is 11.6. The molecule has 0 aliphatic heterocycles. The topological polar surface area (TPSA) is 38.0 Å². The summed E-state index contributed by atoms with van der Waals surface area (Å²) in [6.07, 6.45) is 0. The predicted molar refractivity (Wildman–Crippen MR) is 81.5 cm³/mol. The van der Waals surface area contributed by atoms with Crippen molar-refractivity contribution in [2.24, 2.45) is 5.84 Å². The Bertz CT molecular complexity index is 597. The van der Waals surface area contributed by atoms with Crippen molar-refractivity contribution in [1.29, 1.82) is 0 Å². The second-order valence-corrected chi connectivity index (χ2v) is 5.39. The van der Waals surface area contributed by atoms with Crippen LogP contribution < -0.4 is 11.3 Å². The van der Waals surface area contributed by atoms with Gasteiger partial charge in [0.15, 0.2) is 0 Å². The van der Waals surface area contributed by atoms with Gasteiger partial charge in [0.25, 0.3) is 0 Å². The lowest BCUT2D eigenvalue weighted by Gasteiger charge is -2.21. The first kappa shape index (κ1) is 14.4. The van der Waals surface area contributed by atoms with Gasteiger partial charge in [-0.2, -0.15) is 0 Å². The maximum Gasteiger partial charge on any atom is 0.0727 e. The van der Waals surface area contributed by atoms with Gasteiger partial charge in [-0.1, -0.05) is 59.1 Å². The van der Waals surface area contributed by atoms with Crippen LogP contribution in [0.1, 0.15) is 28.3 Å². The van der Waals surface area contributed by atoms with Gasteiger partial charge in [0.05, 0.1) is 16.1 Å². The maximum absolute atomic E-state index is 6.27. The van der Waals surface area contributed by atoms with E-state index in [0.717, 1.165) is 11.1 Å². The molecule has 1 atom stereocenters. The van der Waals surface area contributed by atoms with Crippen molar-refractivity contribution in [3.05, 3.63) is 68.7 Å². The van der Waals surface area contributed by atoms with Crippen LogP contribution in [0.4, 0.5) is 0 Å². The molecule has 2 nitrogen and oxygen atoms in total. The van der Waals surface area contributed by atoms with Crippen molar-refractivity contribution in [3.8, 4) is 0 Å². The molecular weight excluding hydrogens is 279 g/mol. The highest BCUT2D eigenvalue weighted by atomic mass is 35.5. The van der Waals surface area contributed by atoms with Crippen LogP contribution in [0.5, 0.6) is 0 Å². The quantitative estimate of drug-likeness (QED) is 0.659. The molecule has 2 aromatic carbocycles. The van der Waals surface area contributed by atoms with E-state index in [2.05, 4.69) is 37.5 Å². The molecule has 0 saturated carbocycles. The van der Waals surface area contributed by atoms with Crippen molar-refractivity contribution < 1.29 is 0 Å². The third kappa shape index (κ3) is 2.93. The zero-order valence-electron chi connectivity index (χ0n) is 10.9. The van der Waals surface area contributed by atoms with Gasteiger partial charge >= 0.3 is 0 Å². The summed E-state index contributed by atoms with van der Waals surface area (Å²) in [5.41, 5.74) is 7.18. The van der Waals surface area contributed by atoms with E-state index >= 15 is 0 Å². The molecule has 2 rings (SSSR count). The molecule has 4 heteroatoms. The molecule has 2 aromatic rings. The largest absolute Gasteiger partial charge is 0.271 e. The molecule has 0 fully saturated rings. The minimum atomic E-state index is -0.174. The third-order valence-electron chi connectivity index (χ3n) is 3.20. The molecule has 0 radical (unpaired) electrons. The van der Waals surface area contributed by atoms with Crippen molar-refractivity contribution in [3.63, 3.8) is 0 Å². The van der Waals surface area contributed by atoms with E-state index in [0.29, 0.717) is 10.0 Å². The summed E-state index contributed by atoms with van der Waals surface area (Å²) in [4.78, 5) is 0. The SMILES string of the molecule is Cc1ccc(C(NN)c2cccc(Cl)c2Cl)c(C)c1. The second-order valence-electron chi connectivity index (χ2n) is 4.60. The van der Waals surface area contributed by atoms with Gasteiger partial charge in [0.2, 0.25) is 0 Å². The Labute approximate surface area is 123 Å². The number of hydrazine groups is 1. The minimum Gasteiger partial charge on any atom is -0.271 e. The minimum absolute atomic E-state index is 0.174. The highest BCUT2D eigenvalue weighted by molar-refractivity contribution is 6.42. The number of hydrogen-bond acceptors (Lipinski definition) is 2. The molecule has 0 saturated heterocycles. The summed E-state index contributed by atoms with van der Waals surface area (Å²) in [5, 5.41) is 1.07. The number of hydrogen-bond donors (Lipinski definition) is 2. The number of benzene rings is 2. The first-order chi connectivity index (χ1) is 9.04. The van der Waals surface area contributed by atoms with Gasteiger partial charge < -0.3 is 0 Å². The van der Waals surface area contributed by atoms with E-state index in [4.69, 9.17) is 29.0 Å². The summed E-state index contributed by atoms with van der Waals surface area (Å²) >= 11 is 12.3. The number of rotatable bonds is 3. The van der Waals surface area contributed by atoms with Crippen molar-refractivity contribution >= 4 is 23.2 Å². The van der Waals surface area contributed by atoms with Crippen molar-refractivity contribution in [1.82, 2.24) is 5.43 Å². The van der Waals surface area contributed by atoms with Gasteiger partial charge in [0.1, 0.15) is 0 Å². The van der Waals surface area contributed by atoms with Crippen LogP contribution >= 0.6 is 23.2 Å². The van der Waals surface area contributed by atoms with Crippen LogP contribution in [0.2, 0.25) is 10.0 Å². The van der Waals surface area contributed by atoms with E-state index in [1.165, 1.54) is 11.1 Å². The molecule has 0 bridgehead atoms. The zero-order valence-corrected chi connectivity index (χ0v) is 12.4. The molecule has 19 heavy (non-hydrogen) atoms. The fraction of sp³-hybridized carbons (Fsp3) is 0.200. The van der Waals surface area contributed by atoms with Crippen LogP contribution in [0.3, 0.4) is 0 Å². The zero-order chi connectivity index (χ0) is 14.0. The lowest BCUT2D eigenvalue weighted by atomic mass is 9.94. The Hall–Kier alpha value is -1.06. The molecule has 0 aliphatic rings. The predicted octanol–water partition coefficient (Wildman–Crippen LogP) is 4.16. The summed E-state index contributed by atoms with van der Waals surface area (Å²) < 4.78 is 0. The first-order valence-electron chi connectivity index (χ1n) is 6.01. The average Bonchev–Trinajstić information content (AvgIpc) is 2.37. The van der Waals surface area contributed by atoms with Crippen LogP contribution in [0, 0.1) is 13.8 Å². The summed E-state index contributed by atoms with van der Waals surface area (Å²) in [6.45, 7) is 4.12. The average molecular weight is 295 g/mol. The third-order valence-corrected chi connectivity index (χ3v) is 4.03. The molecule has 0 heterocycles. The van der Waals surface area contributed by atoms with Gasteiger partial charge in [0, 0.05) is 0 Å². The van der Waals surface area contributed by atoms with Gasteiger partial charge in [-0.25, -0.2) is 5.43 Å². The fourth-order valence-corrected chi connectivity index (χ4v) is 2.66. The van der Waals surface area contributed by atoms with Crippen molar-refractivity contribution in [2.45, 2.75) is 19.9 Å². The maximum atomic E-state index is 6.27. The molecule has 0 amide bonds. The van der Waals surface area contributed by atoms with Crippen LogP contribution in [0.15, 0.2) is 36.4 Å². The van der Waals surface area contributed by atoms with E-state index in [9.17, 15) is 0 Å². The van der Waals surface area contributed by atoms with Gasteiger partial charge in [-0.15, -0.1) is 0 Å². The Morgan fingerprint density at radius 1 is 1.05 bits per heavy atom. The Balaban J connectivity index is 2.53. The normalized spacial score (nSPS) is 12.5. The molecule has 0 aliphatic carbocycles. The molecule has 0 aromatic heterocycles. The highest BCUT2D eigenvalue weighted by Gasteiger charge is 2.18. The van der Waals surface area contributed by atoms with E-state index < -0.39 is 0 Å². The molecule has 1 unspecified atom stereocenters. The number of aryl methyl sites for hydroxylation is 2. The monoisotopic (exact) mass is 294 g/mol. The highest BCUT2D eigenvalue weighted by Crippen LogP contribution is 2.33. The fourth-order valence-electron chi connectivity index (χ4n) is 2.24. The number of nitrogens with one attached hydrogen (secondary N) is 1. The Kier molecular flexibility index (Phi) is 4.48. The molecule has 100 valence electrons. The van der Waals surface area contributed by atoms with Crippen molar-refractivity contribution in [2.75, 3.05) is 0 Å². The Morgan fingerprint density at radius 3 is 2.42 bits per heavy atom. The van der Waals surface area contributed by atoms with Gasteiger partial charge in [-0.05, 0) is 36.6 Å². The lowest BCUT2D eigenvalue weighted by molar-refractivity contribution is 0.634. The number of nitrogens with two attached hydrogens (primary N) is 1. The summed E-state index contributed by atoms with van der Waals surface area (Å²) in [7, 11) is 0. The second kappa shape index (κ2) is 5.93. The lowest BCUT2D eigenvalue weighted by Crippen LogP contribution is -2.29.